The van der Waals surface area contributed by atoms with Crippen LogP contribution in [-0.4, -0.2) is 11.3 Å². The molecule has 4 heteroatoms. The zero-order chi connectivity index (χ0) is 70.2. The van der Waals surface area contributed by atoms with Gasteiger partial charge in [-0.2, -0.15) is 0 Å². The van der Waals surface area contributed by atoms with Crippen LogP contribution in [0.25, 0.3) is 60.9 Å². The Morgan fingerprint density at radius 1 is 0.293 bits per heavy atom. The van der Waals surface area contributed by atoms with Gasteiger partial charge in [0.1, 0.15) is 11.5 Å². The third-order valence-corrected chi connectivity index (χ3v) is 22.2. The summed E-state index contributed by atoms with van der Waals surface area (Å²) in [5.74, 6) is 1.73. The standard InChI is InChI=1S/C95H99BN2O/c1-88(2,3)63-37-42-80(71(53-63)58-29-23-22-24-30-58)98-83-50-60(62-47-68(93(16,17)18)52-69(48-62)94(19,20)21)36-41-79(83)96-78-40-35-59(61-45-66(91(10,11)12)51-67(46-61)92(13,14)15)49-76(78)95(74-31-25-27-33-85(74)99-86-34-28-26-32-75(86)95)77-56-70(57-84(98)87(77)96)97-81-43-38-64(89(4,5)6)54-72(81)73-55-65(90(7,8)9)39-44-82(73)97/h22-57H,1-21H3. The zero-order valence-corrected chi connectivity index (χ0v) is 62.7. The van der Waals surface area contributed by atoms with Crippen LogP contribution in [0, 0.1) is 0 Å². The van der Waals surface area contributed by atoms with Gasteiger partial charge in [0.2, 0.25) is 6.71 Å². The molecular weight excluding hydrogens is 1200 g/mol. The molecule has 0 bridgehead atoms. The predicted octanol–water partition coefficient (Wildman–Crippen LogP) is 24.0. The summed E-state index contributed by atoms with van der Waals surface area (Å²) >= 11 is 0. The van der Waals surface area contributed by atoms with E-state index in [-0.39, 0.29) is 44.6 Å². The molecule has 0 aliphatic carbocycles. The zero-order valence-electron chi connectivity index (χ0n) is 62.7. The average molecular weight is 1300 g/mol. The van der Waals surface area contributed by atoms with Gasteiger partial charge in [0.15, 0.2) is 0 Å². The van der Waals surface area contributed by atoms with E-state index in [4.69, 9.17) is 4.74 Å². The smallest absolute Gasteiger partial charge is 0.247 e. The molecule has 3 aliphatic heterocycles. The number of ether oxygens (including phenoxy) is 1. The van der Waals surface area contributed by atoms with Crippen molar-refractivity contribution >= 4 is 62.0 Å². The van der Waals surface area contributed by atoms with Crippen molar-refractivity contribution in [2.45, 2.75) is 189 Å². The second-order valence-corrected chi connectivity index (χ2v) is 36.4. The minimum Gasteiger partial charge on any atom is -0.457 e. The van der Waals surface area contributed by atoms with Gasteiger partial charge in [-0.25, -0.2) is 0 Å². The highest BCUT2D eigenvalue weighted by atomic mass is 16.5. The molecule has 1 aromatic heterocycles. The molecule has 0 N–H and O–H groups in total. The highest BCUT2D eigenvalue weighted by Gasteiger charge is 2.55. The maximum absolute atomic E-state index is 7.30. The fourth-order valence-electron chi connectivity index (χ4n) is 16.2. The maximum atomic E-state index is 7.30. The van der Waals surface area contributed by atoms with Gasteiger partial charge in [-0.1, -0.05) is 303 Å². The van der Waals surface area contributed by atoms with Crippen LogP contribution < -0.4 is 26.0 Å². The molecule has 498 valence electrons. The van der Waals surface area contributed by atoms with Crippen LogP contribution >= 0.6 is 0 Å². The van der Waals surface area contributed by atoms with Crippen LogP contribution in [0.2, 0.25) is 0 Å². The molecule has 12 aromatic rings. The quantitative estimate of drug-likeness (QED) is 0.160. The molecule has 99 heavy (non-hydrogen) atoms. The van der Waals surface area contributed by atoms with Crippen molar-refractivity contribution in [1.29, 1.82) is 0 Å². The number of rotatable bonds is 5. The molecule has 0 fully saturated rings. The van der Waals surface area contributed by atoms with Crippen LogP contribution in [0.5, 0.6) is 11.5 Å². The minimum absolute atomic E-state index is 0.0752. The Kier molecular flexibility index (Phi) is 14.9. The lowest BCUT2D eigenvalue weighted by atomic mass is 9.29. The van der Waals surface area contributed by atoms with Crippen molar-refractivity contribution in [3.63, 3.8) is 0 Å². The number of nitrogens with zero attached hydrogens (tertiary/aromatic N) is 2. The summed E-state index contributed by atoms with van der Waals surface area (Å²) in [5.41, 5.74) is 30.5. The Bertz CT molecular complexity index is 5090. The lowest BCUT2D eigenvalue weighted by Crippen LogP contribution is -2.65. The van der Waals surface area contributed by atoms with E-state index in [2.05, 4.69) is 373 Å². The third-order valence-electron chi connectivity index (χ3n) is 22.2. The van der Waals surface area contributed by atoms with Crippen molar-refractivity contribution in [1.82, 2.24) is 4.57 Å². The monoisotopic (exact) mass is 1290 g/mol. The lowest BCUT2D eigenvalue weighted by Gasteiger charge is -2.50. The first-order chi connectivity index (χ1) is 46.5. The SMILES string of the molecule is CC(C)(C)c1cc(-c2ccc3c(c2)N(c2ccc(C(C)(C)C)cc2-c2ccccc2)c2cc(-n4c5ccc(C(C)(C)C)cc5c5cc(C(C)(C)C)ccc54)cc4c2B3c2ccc(-c3cc(C(C)(C)C)cc(C(C)(C)C)c3)cc2C42c3ccccc3Oc3ccccc32)cc(C(C)(C)C)c1. The van der Waals surface area contributed by atoms with E-state index in [0.29, 0.717) is 0 Å². The molecule has 0 unspecified atom stereocenters. The highest BCUT2D eigenvalue weighted by molar-refractivity contribution is 6.99. The molecule has 11 aromatic carbocycles. The van der Waals surface area contributed by atoms with E-state index in [1.165, 1.54) is 127 Å². The molecular formula is C95H99BN2O. The van der Waals surface area contributed by atoms with Crippen molar-refractivity contribution in [2.24, 2.45) is 0 Å². The Morgan fingerprint density at radius 2 is 0.727 bits per heavy atom. The summed E-state index contributed by atoms with van der Waals surface area (Å²) in [4.78, 5) is 2.71. The largest absolute Gasteiger partial charge is 0.457 e. The first-order valence-electron chi connectivity index (χ1n) is 36.2. The van der Waals surface area contributed by atoms with Crippen molar-refractivity contribution in [3.8, 4) is 50.6 Å². The summed E-state index contributed by atoms with van der Waals surface area (Å²) < 4.78 is 9.92. The van der Waals surface area contributed by atoms with Crippen LogP contribution in [0.3, 0.4) is 0 Å². The van der Waals surface area contributed by atoms with Crippen LogP contribution in [0.15, 0.2) is 218 Å². The van der Waals surface area contributed by atoms with Gasteiger partial charge < -0.3 is 14.2 Å². The van der Waals surface area contributed by atoms with Crippen LogP contribution in [0.1, 0.15) is 207 Å². The number of hydrogen-bond donors (Lipinski definition) is 0. The molecule has 3 nitrogen and oxygen atoms in total. The molecule has 0 atom stereocenters. The fourth-order valence-corrected chi connectivity index (χ4v) is 16.2. The molecule has 3 aliphatic rings. The van der Waals surface area contributed by atoms with E-state index in [0.717, 1.165) is 39.7 Å². The second-order valence-electron chi connectivity index (χ2n) is 36.4. The molecule has 0 radical (unpaired) electrons. The second kappa shape index (κ2) is 22.4. The molecule has 0 saturated carbocycles. The number of anilines is 3. The fraction of sp³-hybridized carbons (Fsp3) is 0.305. The number of aromatic nitrogens is 1. The van der Waals surface area contributed by atoms with Crippen LogP contribution in [-0.2, 0) is 43.3 Å². The van der Waals surface area contributed by atoms with Gasteiger partial charge in [-0.05, 0) is 193 Å². The summed E-state index contributed by atoms with van der Waals surface area (Å²) in [6.07, 6.45) is 0. The van der Waals surface area contributed by atoms with Crippen molar-refractivity contribution in [2.75, 3.05) is 4.90 Å². The summed E-state index contributed by atoms with van der Waals surface area (Å²) in [6.45, 7) is 49.2. The van der Waals surface area contributed by atoms with E-state index in [1.54, 1.807) is 0 Å². The summed E-state index contributed by atoms with van der Waals surface area (Å²) in [7, 11) is 0. The molecule has 15 rings (SSSR count). The molecule has 0 amide bonds. The highest BCUT2D eigenvalue weighted by Crippen LogP contribution is 2.59. The Balaban J connectivity index is 1.16. The minimum atomic E-state index is -0.905. The summed E-state index contributed by atoms with van der Waals surface area (Å²) in [5, 5.41) is 2.52. The van der Waals surface area contributed by atoms with Gasteiger partial charge in [0, 0.05) is 44.5 Å². The van der Waals surface area contributed by atoms with Crippen LogP contribution in [0.4, 0.5) is 17.1 Å². The van der Waals surface area contributed by atoms with Gasteiger partial charge >= 0.3 is 0 Å². The molecule has 4 heterocycles. The van der Waals surface area contributed by atoms with E-state index in [1.807, 2.05) is 0 Å². The Hall–Kier alpha value is -9.12. The third kappa shape index (κ3) is 10.9. The first-order valence-corrected chi connectivity index (χ1v) is 36.2. The van der Waals surface area contributed by atoms with E-state index < -0.39 is 5.41 Å². The molecule has 0 saturated heterocycles. The number of hydrogen-bond acceptors (Lipinski definition) is 2. The predicted molar refractivity (Wildman–Crippen MR) is 426 cm³/mol. The number of para-hydroxylation sites is 2. The van der Waals surface area contributed by atoms with Crippen molar-refractivity contribution < 1.29 is 4.74 Å². The normalized spacial score (nSPS) is 14.4. The first kappa shape index (κ1) is 65.8. The topological polar surface area (TPSA) is 17.4 Å². The summed E-state index contributed by atoms with van der Waals surface area (Å²) in [6, 6.07) is 86.3. The number of benzene rings is 11. The molecule has 1 spiro atoms. The average Bonchev–Trinajstić information content (AvgIpc) is 0.696. The van der Waals surface area contributed by atoms with E-state index >= 15 is 0 Å². The van der Waals surface area contributed by atoms with Gasteiger partial charge in [-0.15, -0.1) is 0 Å². The van der Waals surface area contributed by atoms with Gasteiger partial charge in [0.05, 0.1) is 22.1 Å². The van der Waals surface area contributed by atoms with Crippen molar-refractivity contribution in [3.05, 3.63) is 280 Å². The van der Waals surface area contributed by atoms with Gasteiger partial charge in [0.25, 0.3) is 0 Å². The van der Waals surface area contributed by atoms with E-state index in [9.17, 15) is 0 Å². The Labute approximate surface area is 591 Å². The van der Waals surface area contributed by atoms with Gasteiger partial charge in [-0.3, -0.25) is 0 Å². The maximum Gasteiger partial charge on any atom is 0.247 e. The number of fused-ring (bicyclic) bond motifs is 13. The lowest BCUT2D eigenvalue weighted by molar-refractivity contribution is 0.435. The Morgan fingerprint density at radius 3 is 1.21 bits per heavy atom.